The van der Waals surface area contributed by atoms with Gasteiger partial charge in [0.2, 0.25) is 0 Å². The molecule has 3 rings (SSSR count). The van der Waals surface area contributed by atoms with E-state index in [0.29, 0.717) is 11.3 Å². The highest BCUT2D eigenvalue weighted by Crippen LogP contribution is 2.19. The Kier molecular flexibility index (Phi) is 6.35. The van der Waals surface area contributed by atoms with Gasteiger partial charge in [0.15, 0.2) is 12.3 Å². The predicted molar refractivity (Wildman–Crippen MR) is 111 cm³/mol. The lowest BCUT2D eigenvalue weighted by Gasteiger charge is -2.17. The summed E-state index contributed by atoms with van der Waals surface area (Å²) in [6.45, 7) is 3.81. The Balaban J connectivity index is 1.74. The van der Waals surface area contributed by atoms with Gasteiger partial charge in [-0.25, -0.2) is 0 Å². The number of carbonyl (C=O) groups is 2. The molecule has 3 aromatic carbocycles. The van der Waals surface area contributed by atoms with Crippen LogP contribution in [0.15, 0.2) is 78.9 Å². The van der Waals surface area contributed by atoms with Crippen molar-refractivity contribution in [2.45, 2.75) is 19.9 Å². The molecule has 0 heterocycles. The van der Waals surface area contributed by atoms with Crippen molar-refractivity contribution >= 4 is 17.4 Å². The van der Waals surface area contributed by atoms with Crippen LogP contribution in [-0.2, 0) is 4.79 Å². The van der Waals surface area contributed by atoms with Crippen molar-refractivity contribution in [3.63, 3.8) is 0 Å². The van der Waals surface area contributed by atoms with Crippen LogP contribution in [0.5, 0.6) is 0 Å². The second-order valence-electron chi connectivity index (χ2n) is 6.89. The average Bonchev–Trinajstić information content (AvgIpc) is 2.70. The monoisotopic (exact) mass is 373 g/mol. The molecular formula is C24H25N2O2+. The molecule has 0 saturated heterocycles. The molecule has 0 aromatic heterocycles. The summed E-state index contributed by atoms with van der Waals surface area (Å²) in [6.07, 6.45) is 0. The number of Topliss-reactive ketones (excluding diaryl/α,β-unsaturated/α-hetero) is 1. The number of ketones is 1. The fraction of sp³-hybridized carbons (Fsp3) is 0.167. The summed E-state index contributed by atoms with van der Waals surface area (Å²) >= 11 is 0. The number of hydrogen-bond donors (Lipinski definition) is 2. The maximum absolute atomic E-state index is 12.6. The number of amides is 1. The molecule has 3 N–H and O–H groups in total. The lowest BCUT2D eigenvalue weighted by molar-refractivity contribution is -0.676. The van der Waals surface area contributed by atoms with Crippen LogP contribution in [0.25, 0.3) is 0 Å². The highest BCUT2D eigenvalue weighted by Gasteiger charge is 2.19. The van der Waals surface area contributed by atoms with Crippen LogP contribution < -0.4 is 10.6 Å². The van der Waals surface area contributed by atoms with Gasteiger partial charge in [0.05, 0.1) is 5.69 Å². The third-order valence-electron chi connectivity index (χ3n) is 4.71. The van der Waals surface area contributed by atoms with Crippen LogP contribution in [0.1, 0.15) is 40.0 Å². The molecule has 1 amide bonds. The quantitative estimate of drug-likeness (QED) is 0.623. The van der Waals surface area contributed by atoms with Crippen molar-refractivity contribution in [3.05, 3.63) is 101 Å². The maximum Gasteiger partial charge on any atom is 0.279 e. The van der Waals surface area contributed by atoms with E-state index in [9.17, 15) is 9.59 Å². The SMILES string of the molecule is CC(=O)c1ccccc1NC(=O)C[NH2+][C@H](c1ccccc1)c1ccc(C)cc1. The summed E-state index contributed by atoms with van der Waals surface area (Å²) in [5, 5.41) is 4.89. The molecule has 0 aliphatic rings. The average molecular weight is 373 g/mol. The fourth-order valence-electron chi connectivity index (χ4n) is 3.22. The molecule has 0 spiro atoms. The first-order valence-electron chi connectivity index (χ1n) is 9.39. The summed E-state index contributed by atoms with van der Waals surface area (Å²) in [5.74, 6) is -0.205. The smallest absolute Gasteiger partial charge is 0.279 e. The lowest BCUT2D eigenvalue weighted by Crippen LogP contribution is -2.87. The van der Waals surface area contributed by atoms with E-state index >= 15 is 0 Å². The van der Waals surface area contributed by atoms with Crippen molar-refractivity contribution in [3.8, 4) is 0 Å². The van der Waals surface area contributed by atoms with Crippen molar-refractivity contribution < 1.29 is 14.9 Å². The van der Waals surface area contributed by atoms with Gasteiger partial charge in [0.1, 0.15) is 6.04 Å². The molecule has 4 heteroatoms. The van der Waals surface area contributed by atoms with Gasteiger partial charge in [-0.05, 0) is 26.0 Å². The number of nitrogens with one attached hydrogen (secondary N) is 1. The van der Waals surface area contributed by atoms with Gasteiger partial charge in [-0.2, -0.15) is 0 Å². The zero-order valence-corrected chi connectivity index (χ0v) is 16.2. The number of nitrogens with two attached hydrogens (primary N) is 1. The van der Waals surface area contributed by atoms with Gasteiger partial charge in [-0.3, -0.25) is 9.59 Å². The minimum atomic E-state index is -0.137. The molecule has 0 unspecified atom stereocenters. The van der Waals surface area contributed by atoms with E-state index in [4.69, 9.17) is 0 Å². The van der Waals surface area contributed by atoms with Gasteiger partial charge >= 0.3 is 0 Å². The Morgan fingerprint density at radius 1 is 0.857 bits per heavy atom. The summed E-state index contributed by atoms with van der Waals surface area (Å²) in [5.41, 5.74) is 4.57. The normalized spacial score (nSPS) is 11.6. The Bertz CT molecular complexity index is 950. The molecule has 0 bridgehead atoms. The molecule has 1 atom stereocenters. The third kappa shape index (κ3) is 4.93. The Morgan fingerprint density at radius 2 is 1.46 bits per heavy atom. The molecule has 0 aliphatic carbocycles. The Labute approximate surface area is 165 Å². The molecule has 4 nitrogen and oxygen atoms in total. The van der Waals surface area contributed by atoms with Crippen LogP contribution in [0, 0.1) is 6.92 Å². The molecular weight excluding hydrogens is 348 g/mol. The molecule has 0 saturated carbocycles. The van der Waals surface area contributed by atoms with Crippen LogP contribution in [0.4, 0.5) is 5.69 Å². The minimum Gasteiger partial charge on any atom is -0.328 e. The van der Waals surface area contributed by atoms with Gasteiger partial charge in [0.25, 0.3) is 5.91 Å². The van der Waals surface area contributed by atoms with Crippen LogP contribution in [0.3, 0.4) is 0 Å². The first-order chi connectivity index (χ1) is 13.5. The van der Waals surface area contributed by atoms with Gasteiger partial charge in [-0.15, -0.1) is 0 Å². The largest absolute Gasteiger partial charge is 0.328 e. The van der Waals surface area contributed by atoms with Gasteiger partial charge < -0.3 is 10.6 Å². The van der Waals surface area contributed by atoms with E-state index in [-0.39, 0.29) is 24.3 Å². The summed E-state index contributed by atoms with van der Waals surface area (Å²) in [7, 11) is 0. The maximum atomic E-state index is 12.6. The van der Waals surface area contributed by atoms with Crippen LogP contribution >= 0.6 is 0 Å². The molecule has 28 heavy (non-hydrogen) atoms. The van der Waals surface area contributed by atoms with Crippen molar-refractivity contribution in [2.75, 3.05) is 11.9 Å². The molecule has 0 radical (unpaired) electrons. The van der Waals surface area contributed by atoms with Crippen LogP contribution in [-0.4, -0.2) is 18.2 Å². The highest BCUT2D eigenvalue weighted by atomic mass is 16.2. The van der Waals surface area contributed by atoms with E-state index < -0.39 is 0 Å². The first kappa shape index (κ1) is 19.5. The van der Waals surface area contributed by atoms with Gasteiger partial charge in [-0.1, -0.05) is 72.3 Å². The van der Waals surface area contributed by atoms with Crippen molar-refractivity contribution in [1.29, 1.82) is 0 Å². The Hall–Kier alpha value is -3.24. The Morgan fingerprint density at radius 3 is 2.14 bits per heavy atom. The topological polar surface area (TPSA) is 62.8 Å². The standard InChI is InChI=1S/C24H24N2O2/c1-17-12-14-20(15-13-17)24(19-8-4-3-5-9-19)25-16-23(28)26-22-11-7-6-10-21(22)18(2)27/h3-15,24-25H,16H2,1-2H3,(H,26,28)/p+1/t24-/m1/s1. The van der Waals surface area contributed by atoms with Crippen molar-refractivity contribution in [1.82, 2.24) is 0 Å². The number of hydrogen-bond acceptors (Lipinski definition) is 2. The number of carbonyl (C=O) groups excluding carboxylic acids is 2. The number of rotatable bonds is 7. The van der Waals surface area contributed by atoms with E-state index in [1.807, 2.05) is 29.6 Å². The molecule has 3 aromatic rings. The van der Waals surface area contributed by atoms with Crippen LogP contribution in [0.2, 0.25) is 0 Å². The second kappa shape index (κ2) is 9.11. The van der Waals surface area contributed by atoms with E-state index in [1.165, 1.54) is 12.5 Å². The van der Waals surface area contributed by atoms with E-state index in [0.717, 1.165) is 11.1 Å². The summed E-state index contributed by atoms with van der Waals surface area (Å²) < 4.78 is 0. The molecule has 0 aliphatic heterocycles. The lowest BCUT2D eigenvalue weighted by atomic mass is 9.98. The fourth-order valence-corrected chi connectivity index (χ4v) is 3.22. The summed E-state index contributed by atoms with van der Waals surface area (Å²) in [4.78, 5) is 24.3. The number of quaternary nitrogens is 1. The van der Waals surface area contributed by atoms with E-state index in [1.54, 1.807) is 18.2 Å². The third-order valence-corrected chi connectivity index (χ3v) is 4.71. The predicted octanol–water partition coefficient (Wildman–Crippen LogP) is 3.49. The van der Waals surface area contributed by atoms with Gasteiger partial charge in [0, 0.05) is 16.7 Å². The minimum absolute atomic E-state index is 0.0237. The second-order valence-corrected chi connectivity index (χ2v) is 6.89. The number of aryl methyl sites for hydroxylation is 1. The van der Waals surface area contributed by atoms with E-state index in [2.05, 4.69) is 48.6 Å². The summed E-state index contributed by atoms with van der Waals surface area (Å²) in [6, 6.07) is 25.6. The van der Waals surface area contributed by atoms with Crippen molar-refractivity contribution in [2.24, 2.45) is 0 Å². The zero-order valence-electron chi connectivity index (χ0n) is 16.2. The first-order valence-corrected chi connectivity index (χ1v) is 9.39. The molecule has 0 fully saturated rings. The number of anilines is 1. The number of benzene rings is 3. The number of para-hydroxylation sites is 1. The highest BCUT2D eigenvalue weighted by molar-refractivity contribution is 6.03. The zero-order chi connectivity index (χ0) is 19.9. The molecule has 142 valence electrons.